The first kappa shape index (κ1) is 19.0. The molecule has 2 aliphatic rings. The van der Waals surface area contributed by atoms with Gasteiger partial charge in [-0.1, -0.05) is 0 Å². The molecule has 2 heterocycles. The van der Waals surface area contributed by atoms with Gasteiger partial charge in [-0.15, -0.1) is 0 Å². The average Bonchev–Trinajstić information content (AvgIpc) is 3.03. The highest BCUT2D eigenvalue weighted by Crippen LogP contribution is 2.29. The van der Waals surface area contributed by atoms with Crippen molar-refractivity contribution in [1.29, 1.82) is 5.26 Å². The summed E-state index contributed by atoms with van der Waals surface area (Å²) >= 11 is 0. The number of piperidine rings is 1. The highest BCUT2D eigenvalue weighted by molar-refractivity contribution is 5.90. The Hall–Kier alpha value is -2.82. The van der Waals surface area contributed by atoms with Crippen LogP contribution in [0.5, 0.6) is 0 Å². The second kappa shape index (κ2) is 8.25. The molecule has 2 aliphatic heterocycles. The Bertz CT molecular complexity index is 733. The van der Waals surface area contributed by atoms with Crippen molar-refractivity contribution in [2.45, 2.75) is 32.0 Å². The smallest absolute Gasteiger partial charge is 0.414 e. The monoisotopic (exact) mass is 374 g/mol. The number of rotatable bonds is 5. The third kappa shape index (κ3) is 4.48. The van der Waals surface area contributed by atoms with Gasteiger partial charge in [0.1, 0.15) is 12.3 Å². The number of carbonyl (C=O) groups excluding carboxylic acids is 2. The number of nitriles is 1. The number of ether oxygens (including phenoxy) is 1. The number of alkyl halides is 1. The normalized spacial score (nSPS) is 25.1. The van der Waals surface area contributed by atoms with E-state index in [4.69, 9.17) is 10.00 Å². The molecule has 2 fully saturated rings. The van der Waals surface area contributed by atoms with Crippen LogP contribution in [0.2, 0.25) is 0 Å². The van der Waals surface area contributed by atoms with Crippen LogP contribution in [0, 0.1) is 17.2 Å². The molecule has 27 heavy (non-hydrogen) atoms. The first-order valence-corrected chi connectivity index (χ1v) is 9.06. The van der Waals surface area contributed by atoms with Gasteiger partial charge in [0.25, 0.3) is 0 Å². The third-order valence-electron chi connectivity index (χ3n) is 5.01. The topological polar surface area (TPSA) is 85.7 Å². The molecule has 0 spiro atoms. The van der Waals surface area contributed by atoms with Crippen LogP contribution < -0.4 is 15.1 Å². The highest BCUT2D eigenvalue weighted by Gasteiger charge is 2.33. The van der Waals surface area contributed by atoms with E-state index in [0.29, 0.717) is 25.2 Å². The first-order valence-electron chi connectivity index (χ1n) is 9.06. The lowest BCUT2D eigenvalue weighted by molar-refractivity contribution is -0.119. The van der Waals surface area contributed by atoms with E-state index in [1.54, 1.807) is 0 Å². The molecule has 144 valence electrons. The maximum absolute atomic E-state index is 14.2. The van der Waals surface area contributed by atoms with Crippen LogP contribution in [0.4, 0.5) is 20.6 Å². The zero-order valence-corrected chi connectivity index (χ0v) is 15.2. The molecule has 7 nitrogen and oxygen atoms in total. The third-order valence-corrected chi connectivity index (χ3v) is 5.01. The van der Waals surface area contributed by atoms with Gasteiger partial charge in [0, 0.05) is 43.7 Å². The summed E-state index contributed by atoms with van der Waals surface area (Å²) in [5, 5.41) is 11.4. The van der Waals surface area contributed by atoms with E-state index < -0.39 is 12.3 Å². The molecule has 3 atom stereocenters. The number of hydrogen-bond donors (Lipinski definition) is 1. The molecule has 0 saturated carbocycles. The summed E-state index contributed by atoms with van der Waals surface area (Å²) in [6.07, 6.45) is -0.933. The second-order valence-corrected chi connectivity index (χ2v) is 6.94. The average molecular weight is 374 g/mol. The number of amides is 2. The summed E-state index contributed by atoms with van der Waals surface area (Å²) in [4.78, 5) is 26.5. The summed E-state index contributed by atoms with van der Waals surface area (Å²) in [5.74, 6) is -0.357. The summed E-state index contributed by atoms with van der Waals surface area (Å²) in [6, 6.07) is 9.40. The van der Waals surface area contributed by atoms with Crippen LogP contribution in [0.15, 0.2) is 24.3 Å². The van der Waals surface area contributed by atoms with Crippen molar-refractivity contribution < 1.29 is 18.7 Å². The van der Waals surface area contributed by atoms with E-state index in [-0.39, 0.29) is 37.4 Å². The molecule has 1 aromatic rings. The number of nitrogens with one attached hydrogen (secondary N) is 1. The lowest BCUT2D eigenvalue weighted by Crippen LogP contribution is -2.41. The van der Waals surface area contributed by atoms with Gasteiger partial charge < -0.3 is 15.0 Å². The summed E-state index contributed by atoms with van der Waals surface area (Å²) in [6.45, 7) is 3.04. The van der Waals surface area contributed by atoms with Crippen molar-refractivity contribution in [3.05, 3.63) is 24.3 Å². The zero-order valence-electron chi connectivity index (χ0n) is 15.2. The Labute approximate surface area is 157 Å². The van der Waals surface area contributed by atoms with Gasteiger partial charge in [-0.2, -0.15) is 5.26 Å². The molecule has 0 bridgehead atoms. The molecule has 1 aromatic carbocycles. The minimum atomic E-state index is -1.01. The van der Waals surface area contributed by atoms with E-state index in [2.05, 4.69) is 11.4 Å². The van der Waals surface area contributed by atoms with Gasteiger partial charge in [-0.25, -0.2) is 9.18 Å². The fraction of sp³-hybridized carbons (Fsp3) is 0.526. The fourth-order valence-corrected chi connectivity index (χ4v) is 3.47. The Kier molecular flexibility index (Phi) is 5.79. The lowest BCUT2D eigenvalue weighted by Gasteiger charge is -2.35. The van der Waals surface area contributed by atoms with E-state index >= 15 is 0 Å². The highest BCUT2D eigenvalue weighted by atomic mass is 19.1. The molecule has 3 rings (SSSR count). The van der Waals surface area contributed by atoms with Gasteiger partial charge >= 0.3 is 6.09 Å². The van der Waals surface area contributed by atoms with Gasteiger partial charge in [0.15, 0.2) is 0 Å². The number of benzene rings is 1. The zero-order chi connectivity index (χ0) is 19.4. The van der Waals surface area contributed by atoms with E-state index in [0.717, 1.165) is 5.69 Å². The van der Waals surface area contributed by atoms with Crippen molar-refractivity contribution in [2.75, 3.05) is 36.0 Å². The Balaban J connectivity index is 1.60. The van der Waals surface area contributed by atoms with Crippen LogP contribution in [-0.4, -0.2) is 50.5 Å². The maximum Gasteiger partial charge on any atom is 0.414 e. The number of nitrogens with zero attached hydrogens (tertiary/aromatic N) is 3. The fourth-order valence-electron chi connectivity index (χ4n) is 3.47. The molecule has 2 unspecified atom stereocenters. The van der Waals surface area contributed by atoms with Crippen LogP contribution in [0.25, 0.3) is 0 Å². The molecule has 2 saturated heterocycles. The molecule has 1 N–H and O–H groups in total. The van der Waals surface area contributed by atoms with E-state index in [1.165, 1.54) is 11.8 Å². The SMILES string of the molecule is CC(=O)NCC1CN(c2ccc(N3CCC(CC#N)[C@H](F)C3)cc2)C(=O)O1. The quantitative estimate of drug-likeness (QED) is 0.854. The van der Waals surface area contributed by atoms with E-state index in [1.807, 2.05) is 29.2 Å². The van der Waals surface area contributed by atoms with Crippen LogP contribution in [0.3, 0.4) is 0 Å². The van der Waals surface area contributed by atoms with Gasteiger partial charge in [0.05, 0.1) is 19.2 Å². The second-order valence-electron chi connectivity index (χ2n) is 6.94. The molecular formula is C19H23FN4O3. The Morgan fingerprint density at radius 2 is 2.04 bits per heavy atom. The Morgan fingerprint density at radius 3 is 2.67 bits per heavy atom. The number of halogens is 1. The molecule has 2 amide bonds. The predicted octanol–water partition coefficient (Wildman–Crippen LogP) is 2.23. The standard InChI is InChI=1S/C19H23FN4O3/c1-13(25)22-10-17-11-24(19(26)27-17)16-4-2-15(3-5-16)23-9-7-14(6-8-21)18(20)12-23/h2-5,14,17-18H,6-7,9-12H2,1H3,(H,22,25)/t14?,17?,18-/m1/s1. The minimum absolute atomic E-state index is 0.168. The maximum atomic E-state index is 14.2. The van der Waals surface area contributed by atoms with Crippen molar-refractivity contribution in [1.82, 2.24) is 5.32 Å². The van der Waals surface area contributed by atoms with Crippen molar-refractivity contribution in [3.8, 4) is 6.07 Å². The lowest BCUT2D eigenvalue weighted by atomic mass is 9.92. The number of cyclic esters (lactones) is 1. The van der Waals surface area contributed by atoms with Gasteiger partial charge in [0.2, 0.25) is 5.91 Å². The number of anilines is 2. The van der Waals surface area contributed by atoms with Crippen LogP contribution in [0.1, 0.15) is 19.8 Å². The Morgan fingerprint density at radius 1 is 1.33 bits per heavy atom. The van der Waals surface area contributed by atoms with Crippen molar-refractivity contribution in [3.63, 3.8) is 0 Å². The minimum Gasteiger partial charge on any atom is -0.442 e. The molecular weight excluding hydrogens is 351 g/mol. The van der Waals surface area contributed by atoms with Crippen LogP contribution >= 0.6 is 0 Å². The largest absolute Gasteiger partial charge is 0.442 e. The van der Waals surface area contributed by atoms with Crippen molar-refractivity contribution >= 4 is 23.4 Å². The predicted molar refractivity (Wildman–Crippen MR) is 98.2 cm³/mol. The molecule has 0 radical (unpaired) electrons. The van der Waals surface area contributed by atoms with E-state index in [9.17, 15) is 14.0 Å². The summed E-state index contributed by atoms with van der Waals surface area (Å²) in [5.41, 5.74) is 1.59. The number of carbonyl (C=O) groups is 2. The summed E-state index contributed by atoms with van der Waals surface area (Å²) < 4.78 is 19.5. The first-order chi connectivity index (χ1) is 13.0. The van der Waals surface area contributed by atoms with Gasteiger partial charge in [-0.05, 0) is 30.7 Å². The van der Waals surface area contributed by atoms with Gasteiger partial charge in [-0.3, -0.25) is 9.69 Å². The van der Waals surface area contributed by atoms with Crippen LogP contribution in [-0.2, 0) is 9.53 Å². The van der Waals surface area contributed by atoms with Crippen molar-refractivity contribution in [2.24, 2.45) is 5.92 Å². The molecule has 0 aliphatic carbocycles. The molecule has 8 heteroatoms. The summed E-state index contributed by atoms with van der Waals surface area (Å²) in [7, 11) is 0. The number of hydrogen-bond acceptors (Lipinski definition) is 5. The molecule has 0 aromatic heterocycles.